The number of aromatic nitrogens is 1. The second-order valence-corrected chi connectivity index (χ2v) is 4.64. The van der Waals surface area contributed by atoms with Crippen LogP contribution in [0.1, 0.15) is 17.0 Å². The third-order valence-electron chi connectivity index (χ3n) is 3.52. The van der Waals surface area contributed by atoms with E-state index in [1.807, 2.05) is 12.3 Å². The Balaban J connectivity index is 2.17. The van der Waals surface area contributed by atoms with Gasteiger partial charge in [-0.25, -0.2) is 0 Å². The molecule has 0 aliphatic rings. The van der Waals surface area contributed by atoms with Crippen LogP contribution in [0.3, 0.4) is 0 Å². The minimum Gasteiger partial charge on any atom is -0.330 e. The fraction of sp³-hybridized carbons (Fsp3) is 0.118. The predicted molar refractivity (Wildman–Crippen MR) is 79.1 cm³/mol. The Kier molecular flexibility index (Phi) is 3.25. The molecule has 1 atom stereocenters. The molecule has 1 unspecified atom stereocenters. The molecule has 2 N–H and O–H groups in total. The highest BCUT2D eigenvalue weighted by molar-refractivity contribution is 5.86. The van der Waals surface area contributed by atoms with E-state index in [9.17, 15) is 0 Å². The number of fused-ring (bicyclic) bond motifs is 1. The van der Waals surface area contributed by atoms with Gasteiger partial charge in [0, 0.05) is 24.9 Å². The Bertz CT molecular complexity index is 672. The van der Waals surface area contributed by atoms with Gasteiger partial charge in [-0.3, -0.25) is 4.98 Å². The number of hydrogen-bond donors (Lipinski definition) is 1. The summed E-state index contributed by atoms with van der Waals surface area (Å²) in [5.41, 5.74) is 8.44. The minimum atomic E-state index is 0.194. The summed E-state index contributed by atoms with van der Waals surface area (Å²) in [5, 5.41) is 2.52. The number of hydrogen-bond acceptors (Lipinski definition) is 2. The van der Waals surface area contributed by atoms with Gasteiger partial charge in [-0.1, -0.05) is 48.5 Å². The number of nitrogens with two attached hydrogens (primary N) is 1. The Labute approximate surface area is 112 Å². The second kappa shape index (κ2) is 5.21. The average molecular weight is 248 g/mol. The molecular weight excluding hydrogens is 232 g/mol. The van der Waals surface area contributed by atoms with Crippen molar-refractivity contribution in [1.82, 2.24) is 4.98 Å². The van der Waals surface area contributed by atoms with Crippen molar-refractivity contribution < 1.29 is 0 Å². The van der Waals surface area contributed by atoms with E-state index in [0.717, 1.165) is 0 Å². The topological polar surface area (TPSA) is 38.9 Å². The maximum atomic E-state index is 6.00. The van der Waals surface area contributed by atoms with E-state index in [1.165, 1.54) is 21.9 Å². The van der Waals surface area contributed by atoms with Gasteiger partial charge in [0.1, 0.15) is 0 Å². The highest BCUT2D eigenvalue weighted by Crippen LogP contribution is 2.29. The van der Waals surface area contributed by atoms with Crippen LogP contribution in [-0.4, -0.2) is 11.5 Å². The molecule has 1 aromatic heterocycles. The molecule has 3 rings (SSSR count). The van der Waals surface area contributed by atoms with Crippen molar-refractivity contribution in [1.29, 1.82) is 0 Å². The van der Waals surface area contributed by atoms with Crippen LogP contribution < -0.4 is 5.73 Å². The second-order valence-electron chi connectivity index (χ2n) is 4.64. The smallest absolute Gasteiger partial charge is 0.0306 e. The van der Waals surface area contributed by atoms with Crippen LogP contribution in [0.5, 0.6) is 0 Å². The lowest BCUT2D eigenvalue weighted by atomic mass is 9.89. The summed E-state index contributed by atoms with van der Waals surface area (Å²) in [5.74, 6) is 0.194. The molecule has 0 bridgehead atoms. The zero-order chi connectivity index (χ0) is 13.1. The molecule has 0 saturated heterocycles. The molecular formula is C17H16N2. The maximum absolute atomic E-state index is 6.00. The Hall–Kier alpha value is -2.19. The van der Waals surface area contributed by atoms with Gasteiger partial charge in [0.2, 0.25) is 0 Å². The molecule has 0 radical (unpaired) electrons. The van der Waals surface area contributed by atoms with Crippen LogP contribution in [0.15, 0.2) is 67.0 Å². The Morgan fingerprint density at radius 3 is 2.58 bits per heavy atom. The van der Waals surface area contributed by atoms with Gasteiger partial charge in [0.05, 0.1) is 0 Å². The van der Waals surface area contributed by atoms with E-state index in [1.54, 1.807) is 6.20 Å². The summed E-state index contributed by atoms with van der Waals surface area (Å²) >= 11 is 0. The number of rotatable bonds is 3. The van der Waals surface area contributed by atoms with E-state index < -0.39 is 0 Å². The van der Waals surface area contributed by atoms with Gasteiger partial charge in [-0.15, -0.1) is 0 Å². The normalized spacial score (nSPS) is 12.5. The van der Waals surface area contributed by atoms with Gasteiger partial charge in [0.15, 0.2) is 0 Å². The molecule has 2 aromatic carbocycles. The van der Waals surface area contributed by atoms with Crippen molar-refractivity contribution in [3.63, 3.8) is 0 Å². The zero-order valence-corrected chi connectivity index (χ0v) is 10.7. The van der Waals surface area contributed by atoms with Crippen molar-refractivity contribution >= 4 is 10.8 Å². The van der Waals surface area contributed by atoms with E-state index in [2.05, 4.69) is 53.5 Å². The quantitative estimate of drug-likeness (QED) is 0.772. The van der Waals surface area contributed by atoms with Crippen LogP contribution in [0.4, 0.5) is 0 Å². The average Bonchev–Trinajstić information content (AvgIpc) is 2.49. The van der Waals surface area contributed by atoms with E-state index in [0.29, 0.717) is 6.54 Å². The third kappa shape index (κ3) is 2.23. The number of nitrogens with zero attached hydrogens (tertiary/aromatic N) is 1. The Morgan fingerprint density at radius 1 is 0.947 bits per heavy atom. The maximum Gasteiger partial charge on any atom is 0.0306 e. The molecule has 1 heterocycles. The molecule has 0 aliphatic carbocycles. The summed E-state index contributed by atoms with van der Waals surface area (Å²) in [6.07, 6.45) is 3.69. The van der Waals surface area contributed by atoms with Gasteiger partial charge in [-0.2, -0.15) is 0 Å². The first kappa shape index (κ1) is 11.9. The standard InChI is InChI=1S/C17H16N2/c18-11-17(14-7-4-10-19-12-14)16-9-3-6-13-5-1-2-8-15(13)16/h1-10,12,17H,11,18H2. The summed E-state index contributed by atoms with van der Waals surface area (Å²) in [4.78, 5) is 4.20. The van der Waals surface area contributed by atoms with Crippen LogP contribution >= 0.6 is 0 Å². The molecule has 19 heavy (non-hydrogen) atoms. The monoisotopic (exact) mass is 248 g/mol. The van der Waals surface area contributed by atoms with Crippen molar-refractivity contribution in [2.45, 2.75) is 5.92 Å². The Morgan fingerprint density at radius 2 is 1.79 bits per heavy atom. The van der Waals surface area contributed by atoms with E-state index in [-0.39, 0.29) is 5.92 Å². The van der Waals surface area contributed by atoms with Gasteiger partial charge in [-0.05, 0) is 28.0 Å². The molecule has 0 amide bonds. The summed E-state index contributed by atoms with van der Waals surface area (Å²) in [7, 11) is 0. The van der Waals surface area contributed by atoms with Crippen molar-refractivity contribution in [3.05, 3.63) is 78.1 Å². The highest BCUT2D eigenvalue weighted by Gasteiger charge is 2.14. The molecule has 3 aromatic rings. The molecule has 0 saturated carbocycles. The number of benzene rings is 2. The van der Waals surface area contributed by atoms with Gasteiger partial charge in [0.25, 0.3) is 0 Å². The van der Waals surface area contributed by atoms with Crippen molar-refractivity contribution in [2.24, 2.45) is 5.73 Å². The first-order chi connectivity index (χ1) is 9.40. The van der Waals surface area contributed by atoms with Crippen LogP contribution in [0.25, 0.3) is 10.8 Å². The van der Waals surface area contributed by atoms with Crippen LogP contribution in [-0.2, 0) is 0 Å². The molecule has 0 spiro atoms. The van der Waals surface area contributed by atoms with Gasteiger partial charge >= 0.3 is 0 Å². The van der Waals surface area contributed by atoms with Gasteiger partial charge < -0.3 is 5.73 Å². The molecule has 94 valence electrons. The molecule has 0 fully saturated rings. The predicted octanol–water partition coefficient (Wildman–Crippen LogP) is 3.33. The first-order valence-corrected chi connectivity index (χ1v) is 6.48. The van der Waals surface area contributed by atoms with Crippen molar-refractivity contribution in [2.75, 3.05) is 6.54 Å². The van der Waals surface area contributed by atoms with E-state index >= 15 is 0 Å². The van der Waals surface area contributed by atoms with Crippen LogP contribution in [0, 0.1) is 0 Å². The summed E-state index contributed by atoms with van der Waals surface area (Å²) in [6.45, 7) is 0.583. The van der Waals surface area contributed by atoms with Crippen LogP contribution in [0.2, 0.25) is 0 Å². The fourth-order valence-corrected chi connectivity index (χ4v) is 2.58. The lowest BCUT2D eigenvalue weighted by Gasteiger charge is -2.17. The molecule has 0 aliphatic heterocycles. The third-order valence-corrected chi connectivity index (χ3v) is 3.52. The lowest BCUT2D eigenvalue weighted by molar-refractivity contribution is 0.820. The lowest BCUT2D eigenvalue weighted by Crippen LogP contribution is -2.14. The SMILES string of the molecule is NCC(c1cccnc1)c1cccc2ccccc12. The highest BCUT2D eigenvalue weighted by atomic mass is 14.6. The largest absolute Gasteiger partial charge is 0.330 e. The number of pyridine rings is 1. The summed E-state index contributed by atoms with van der Waals surface area (Å²) in [6, 6.07) is 18.9. The van der Waals surface area contributed by atoms with Crippen molar-refractivity contribution in [3.8, 4) is 0 Å². The zero-order valence-electron chi connectivity index (χ0n) is 10.7. The molecule has 2 heteroatoms. The fourth-order valence-electron chi connectivity index (χ4n) is 2.58. The first-order valence-electron chi connectivity index (χ1n) is 6.48. The van der Waals surface area contributed by atoms with E-state index in [4.69, 9.17) is 5.73 Å². The molecule has 2 nitrogen and oxygen atoms in total. The summed E-state index contributed by atoms with van der Waals surface area (Å²) < 4.78 is 0. The minimum absolute atomic E-state index is 0.194.